The summed E-state index contributed by atoms with van der Waals surface area (Å²) in [7, 11) is 0. The minimum Gasteiger partial charge on any atom is -0.333 e. The van der Waals surface area contributed by atoms with Gasteiger partial charge in [-0.1, -0.05) is 37.9 Å². The quantitative estimate of drug-likeness (QED) is 0.735. The maximum Gasteiger partial charge on any atom is 0.254 e. The van der Waals surface area contributed by atoms with Crippen LogP contribution in [0.5, 0.6) is 0 Å². The molecule has 0 saturated heterocycles. The molecule has 0 radical (unpaired) electrons. The van der Waals surface area contributed by atoms with Crippen LogP contribution in [0.2, 0.25) is 0 Å². The molecular weight excluding hydrogens is 346 g/mol. The van der Waals surface area contributed by atoms with E-state index >= 15 is 0 Å². The average molecular weight is 361 g/mol. The van der Waals surface area contributed by atoms with Gasteiger partial charge in [0.2, 0.25) is 0 Å². The average Bonchev–Trinajstić information content (AvgIpc) is 2.23. The first-order chi connectivity index (χ1) is 7.95. The summed E-state index contributed by atoms with van der Waals surface area (Å²) in [6.07, 6.45) is 1.74. The summed E-state index contributed by atoms with van der Waals surface area (Å²) < 4.78 is 1.77. The fraction of sp³-hybridized carbons (Fsp3) is 0.308. The molecule has 0 aliphatic carbocycles. The molecule has 0 N–H and O–H groups in total. The Morgan fingerprint density at radius 3 is 2.29 bits per heavy atom. The van der Waals surface area contributed by atoms with Crippen molar-refractivity contribution in [2.24, 2.45) is 0 Å². The first kappa shape index (κ1) is 14.5. The van der Waals surface area contributed by atoms with Gasteiger partial charge in [-0.25, -0.2) is 0 Å². The third-order valence-corrected chi connectivity index (χ3v) is 3.24. The monoisotopic (exact) mass is 359 g/mol. The largest absolute Gasteiger partial charge is 0.333 e. The Labute approximate surface area is 119 Å². The Kier molecular flexibility index (Phi) is 5.40. The van der Waals surface area contributed by atoms with Crippen LogP contribution in [0, 0.1) is 0 Å². The molecule has 0 spiro atoms. The van der Waals surface area contributed by atoms with Gasteiger partial charge in [-0.3, -0.25) is 4.79 Å². The van der Waals surface area contributed by atoms with Crippen LogP contribution in [0.15, 0.2) is 39.8 Å². The van der Waals surface area contributed by atoms with Crippen LogP contribution in [0.3, 0.4) is 0 Å². The minimum atomic E-state index is 0.0156. The van der Waals surface area contributed by atoms with Crippen molar-refractivity contribution in [1.29, 1.82) is 0 Å². The molecule has 0 unspecified atom stereocenters. The summed E-state index contributed by atoms with van der Waals surface area (Å²) >= 11 is 6.77. The highest BCUT2D eigenvalue weighted by atomic mass is 79.9. The van der Waals surface area contributed by atoms with Gasteiger partial charge in [-0.15, -0.1) is 6.58 Å². The van der Waals surface area contributed by atoms with Gasteiger partial charge in [-0.2, -0.15) is 0 Å². The van der Waals surface area contributed by atoms with Crippen LogP contribution in [-0.4, -0.2) is 23.4 Å². The maximum absolute atomic E-state index is 12.3. The first-order valence-corrected chi connectivity index (χ1v) is 6.92. The van der Waals surface area contributed by atoms with Crippen LogP contribution < -0.4 is 0 Å². The Morgan fingerprint density at radius 1 is 1.35 bits per heavy atom. The van der Waals surface area contributed by atoms with Crippen molar-refractivity contribution in [1.82, 2.24) is 4.90 Å². The third-order valence-electron chi connectivity index (χ3n) is 2.32. The molecule has 0 bridgehead atoms. The predicted molar refractivity (Wildman–Crippen MR) is 78.2 cm³/mol. The van der Waals surface area contributed by atoms with E-state index in [1.54, 1.807) is 11.0 Å². The molecule has 1 aromatic rings. The molecule has 0 aliphatic rings. The van der Waals surface area contributed by atoms with E-state index in [2.05, 4.69) is 38.4 Å². The zero-order valence-electron chi connectivity index (χ0n) is 9.91. The summed E-state index contributed by atoms with van der Waals surface area (Å²) in [6.45, 7) is 8.23. The van der Waals surface area contributed by atoms with Crippen LogP contribution >= 0.6 is 31.9 Å². The van der Waals surface area contributed by atoms with E-state index in [9.17, 15) is 4.79 Å². The molecule has 0 fully saturated rings. The van der Waals surface area contributed by atoms with Gasteiger partial charge >= 0.3 is 0 Å². The number of carbonyl (C=O) groups is 1. The van der Waals surface area contributed by atoms with Crippen molar-refractivity contribution in [3.8, 4) is 0 Å². The van der Waals surface area contributed by atoms with E-state index in [0.29, 0.717) is 12.1 Å². The number of carbonyl (C=O) groups excluding carboxylic acids is 1. The highest BCUT2D eigenvalue weighted by Gasteiger charge is 2.18. The summed E-state index contributed by atoms with van der Waals surface area (Å²) in [4.78, 5) is 14.1. The van der Waals surface area contributed by atoms with Crippen molar-refractivity contribution in [3.63, 3.8) is 0 Å². The number of hydrogen-bond donors (Lipinski definition) is 0. The lowest BCUT2D eigenvalue weighted by Gasteiger charge is -2.25. The second kappa shape index (κ2) is 6.36. The zero-order chi connectivity index (χ0) is 13.0. The summed E-state index contributed by atoms with van der Waals surface area (Å²) in [5.41, 5.74) is 0.668. The normalized spacial score (nSPS) is 10.4. The van der Waals surface area contributed by atoms with Gasteiger partial charge in [0.1, 0.15) is 0 Å². The third kappa shape index (κ3) is 3.96. The number of rotatable bonds is 4. The van der Waals surface area contributed by atoms with E-state index in [1.807, 2.05) is 32.0 Å². The predicted octanol–water partition coefficient (Wildman–Crippen LogP) is 4.25. The number of benzene rings is 1. The van der Waals surface area contributed by atoms with Crippen LogP contribution in [0.1, 0.15) is 24.2 Å². The molecule has 0 saturated carbocycles. The van der Waals surface area contributed by atoms with Crippen LogP contribution in [0.4, 0.5) is 0 Å². The Morgan fingerprint density at radius 2 is 1.88 bits per heavy atom. The molecule has 0 heterocycles. The van der Waals surface area contributed by atoms with E-state index in [0.717, 1.165) is 8.95 Å². The molecule has 0 aromatic heterocycles. The summed E-state index contributed by atoms with van der Waals surface area (Å²) in [5.74, 6) is 0.0156. The van der Waals surface area contributed by atoms with E-state index < -0.39 is 0 Å². The van der Waals surface area contributed by atoms with Crippen LogP contribution in [0.25, 0.3) is 0 Å². The van der Waals surface area contributed by atoms with Gasteiger partial charge in [0.25, 0.3) is 5.91 Å². The first-order valence-electron chi connectivity index (χ1n) is 5.33. The molecule has 92 valence electrons. The smallest absolute Gasteiger partial charge is 0.254 e. The van der Waals surface area contributed by atoms with Crippen molar-refractivity contribution >= 4 is 37.8 Å². The lowest BCUT2D eigenvalue weighted by molar-refractivity contribution is 0.0728. The summed E-state index contributed by atoms with van der Waals surface area (Å²) in [5, 5.41) is 0. The molecule has 1 amide bonds. The molecule has 1 rings (SSSR count). The second-order valence-corrected chi connectivity index (χ2v) is 5.83. The van der Waals surface area contributed by atoms with E-state index in [1.165, 1.54) is 0 Å². The Hall–Kier alpha value is -0.610. The lowest BCUT2D eigenvalue weighted by Crippen LogP contribution is -2.37. The number of amides is 1. The van der Waals surface area contributed by atoms with Gasteiger partial charge in [0.05, 0.1) is 0 Å². The summed E-state index contributed by atoms with van der Waals surface area (Å²) in [6, 6.07) is 5.71. The molecule has 1 aromatic carbocycles. The zero-order valence-corrected chi connectivity index (χ0v) is 13.1. The minimum absolute atomic E-state index is 0.0156. The molecule has 2 nitrogen and oxygen atoms in total. The molecule has 0 atom stereocenters. The molecular formula is C13H15Br2NO. The van der Waals surface area contributed by atoms with Crippen molar-refractivity contribution in [2.75, 3.05) is 6.54 Å². The maximum atomic E-state index is 12.3. The Bertz CT molecular complexity index is 409. The van der Waals surface area contributed by atoms with E-state index in [4.69, 9.17) is 0 Å². The number of nitrogens with zero attached hydrogens (tertiary/aromatic N) is 1. The highest BCUT2D eigenvalue weighted by molar-refractivity contribution is 9.11. The molecule has 0 aliphatic heterocycles. The number of hydrogen-bond acceptors (Lipinski definition) is 1. The van der Waals surface area contributed by atoms with Gasteiger partial charge < -0.3 is 4.90 Å². The molecule has 17 heavy (non-hydrogen) atoms. The fourth-order valence-corrected chi connectivity index (χ4v) is 2.80. The van der Waals surface area contributed by atoms with Crippen molar-refractivity contribution in [3.05, 3.63) is 45.4 Å². The topological polar surface area (TPSA) is 20.3 Å². The van der Waals surface area contributed by atoms with Crippen molar-refractivity contribution < 1.29 is 4.79 Å². The van der Waals surface area contributed by atoms with E-state index in [-0.39, 0.29) is 11.9 Å². The lowest BCUT2D eigenvalue weighted by atomic mass is 10.1. The molecule has 4 heteroatoms. The highest BCUT2D eigenvalue weighted by Crippen LogP contribution is 2.21. The van der Waals surface area contributed by atoms with Gasteiger partial charge in [0, 0.05) is 27.1 Å². The standard InChI is InChI=1S/C13H15Br2NO/c1-4-5-16(9(2)3)13(17)10-6-11(14)8-12(15)7-10/h4,6-9H,1,5H2,2-3H3. The van der Waals surface area contributed by atoms with Gasteiger partial charge in [-0.05, 0) is 32.0 Å². The fourth-order valence-electron chi connectivity index (χ4n) is 1.51. The van der Waals surface area contributed by atoms with Gasteiger partial charge in [0.15, 0.2) is 0 Å². The SMILES string of the molecule is C=CCN(C(=O)c1cc(Br)cc(Br)c1)C(C)C. The van der Waals surface area contributed by atoms with Crippen molar-refractivity contribution in [2.45, 2.75) is 19.9 Å². The number of halogens is 2. The van der Waals surface area contributed by atoms with Crippen LogP contribution in [-0.2, 0) is 0 Å². The second-order valence-electron chi connectivity index (χ2n) is 4.00. The Balaban J connectivity index is 3.04.